The Labute approximate surface area is 219 Å². The maximum atomic E-state index is 14.1. The molecule has 39 heavy (non-hydrogen) atoms. The normalized spacial score (nSPS) is 22.5. The van der Waals surface area contributed by atoms with E-state index in [0.29, 0.717) is 26.7 Å². The van der Waals surface area contributed by atoms with Crippen molar-refractivity contribution < 1.29 is 34.4 Å². The summed E-state index contributed by atoms with van der Waals surface area (Å²) in [5.74, 6) is -0.802. The number of ketones is 2. The van der Waals surface area contributed by atoms with E-state index >= 15 is 0 Å². The van der Waals surface area contributed by atoms with Crippen LogP contribution in [0.3, 0.4) is 0 Å². The largest absolute Gasteiger partial charge is 0.618 e. The average molecular weight is 527 g/mol. The molecular formula is C27H21N5O7. The van der Waals surface area contributed by atoms with Crippen molar-refractivity contribution >= 4 is 33.4 Å². The molecule has 3 aromatic heterocycles. The summed E-state index contributed by atoms with van der Waals surface area (Å²) >= 11 is 0. The quantitative estimate of drug-likeness (QED) is 0.218. The van der Waals surface area contributed by atoms with Crippen LogP contribution >= 0.6 is 0 Å². The molecule has 1 aliphatic carbocycles. The minimum Gasteiger partial charge on any atom is -0.618 e. The fourth-order valence-corrected chi connectivity index (χ4v) is 5.65. The number of carbonyl (C=O) groups is 2. The number of carbonyl (C=O) groups excluding carboxylic acids is 2. The first-order valence-corrected chi connectivity index (χ1v) is 12.3. The molecule has 1 saturated heterocycles. The summed E-state index contributed by atoms with van der Waals surface area (Å²) in [5, 5.41) is 51.7. The monoisotopic (exact) mass is 527 g/mol. The van der Waals surface area contributed by atoms with Gasteiger partial charge in [-0.3, -0.25) is 9.59 Å². The van der Waals surface area contributed by atoms with Gasteiger partial charge >= 0.3 is 0 Å². The summed E-state index contributed by atoms with van der Waals surface area (Å²) in [6.07, 6.45) is -1.97. The van der Waals surface area contributed by atoms with Gasteiger partial charge in [0.25, 0.3) is 0 Å². The first-order valence-electron chi connectivity index (χ1n) is 12.3. The van der Waals surface area contributed by atoms with E-state index in [-0.39, 0.29) is 40.2 Å². The highest BCUT2D eigenvalue weighted by atomic mass is 16.6. The minimum atomic E-state index is -1.33. The van der Waals surface area contributed by atoms with Gasteiger partial charge in [-0.15, -0.1) is 5.10 Å². The van der Waals surface area contributed by atoms with Crippen molar-refractivity contribution in [2.24, 2.45) is 0 Å². The molecule has 2 aliphatic rings. The van der Waals surface area contributed by atoms with E-state index in [1.807, 2.05) is 0 Å². The fraction of sp³-hybridized carbons (Fsp3) is 0.222. The Kier molecular flexibility index (Phi) is 5.15. The zero-order chi connectivity index (χ0) is 27.0. The third-order valence-electron chi connectivity index (χ3n) is 7.47. The molecule has 0 radical (unpaired) electrons. The summed E-state index contributed by atoms with van der Waals surface area (Å²) in [6.45, 7) is -0.415. The first-order chi connectivity index (χ1) is 18.9. The van der Waals surface area contributed by atoms with Gasteiger partial charge in [0, 0.05) is 17.0 Å². The molecule has 0 amide bonds. The molecule has 1 aliphatic heterocycles. The summed E-state index contributed by atoms with van der Waals surface area (Å²) in [5.41, 5.74) is 1.94. The SMILES string of the molecule is O=C1c2c[n+]([O-])c3ccccc3c2C(=O)c2c1c1ccccc1n2Cc1cn([C@H]2O[C@H](CO)[C@@H](O)[C@H]2O)nn1. The second-order valence-corrected chi connectivity index (χ2v) is 9.66. The predicted octanol–water partition coefficient (Wildman–Crippen LogP) is 0.455. The highest BCUT2D eigenvalue weighted by molar-refractivity contribution is 6.34. The zero-order valence-electron chi connectivity index (χ0n) is 20.2. The Morgan fingerprint density at radius 2 is 1.72 bits per heavy atom. The number of benzene rings is 2. The fourth-order valence-electron chi connectivity index (χ4n) is 5.65. The van der Waals surface area contributed by atoms with Crippen molar-refractivity contribution in [2.45, 2.75) is 31.1 Å². The van der Waals surface area contributed by atoms with Crippen LogP contribution in [0.25, 0.3) is 21.8 Å². The molecule has 196 valence electrons. The number of fused-ring (bicyclic) bond motifs is 6. The third kappa shape index (κ3) is 3.29. The third-order valence-corrected chi connectivity index (χ3v) is 7.47. The molecule has 2 aromatic carbocycles. The first kappa shape index (κ1) is 23.6. The van der Waals surface area contributed by atoms with Crippen molar-refractivity contribution in [1.29, 1.82) is 0 Å². The number of hydrogen-bond acceptors (Lipinski definition) is 9. The van der Waals surface area contributed by atoms with Gasteiger partial charge in [-0.25, -0.2) is 4.68 Å². The van der Waals surface area contributed by atoms with Gasteiger partial charge in [-0.2, -0.15) is 4.73 Å². The van der Waals surface area contributed by atoms with Crippen LogP contribution in [-0.2, 0) is 11.3 Å². The van der Waals surface area contributed by atoms with Crippen molar-refractivity contribution in [3.8, 4) is 0 Å². The summed E-state index contributed by atoms with van der Waals surface area (Å²) in [4.78, 5) is 27.9. The average Bonchev–Trinajstić information content (AvgIpc) is 3.62. The molecule has 0 bridgehead atoms. The number of nitrogens with zero attached hydrogens (tertiary/aromatic N) is 5. The lowest BCUT2D eigenvalue weighted by Crippen LogP contribution is -2.33. The smallest absolute Gasteiger partial charge is 0.224 e. The van der Waals surface area contributed by atoms with Gasteiger partial charge in [0.05, 0.1) is 41.4 Å². The Hall–Kier alpha value is -4.49. The number of para-hydroxylation sites is 2. The predicted molar refractivity (Wildman–Crippen MR) is 134 cm³/mol. The highest BCUT2D eigenvalue weighted by Crippen LogP contribution is 2.37. The van der Waals surface area contributed by atoms with Crippen LogP contribution in [0.15, 0.2) is 60.9 Å². The van der Waals surface area contributed by atoms with Crippen LogP contribution in [0.5, 0.6) is 0 Å². The lowest BCUT2D eigenvalue weighted by Gasteiger charge is -2.18. The van der Waals surface area contributed by atoms with E-state index in [1.54, 1.807) is 53.1 Å². The Morgan fingerprint density at radius 3 is 2.49 bits per heavy atom. The van der Waals surface area contributed by atoms with E-state index in [4.69, 9.17) is 4.74 Å². The molecule has 12 nitrogen and oxygen atoms in total. The van der Waals surface area contributed by atoms with E-state index < -0.39 is 36.9 Å². The summed E-state index contributed by atoms with van der Waals surface area (Å²) < 4.78 is 9.09. The lowest BCUT2D eigenvalue weighted by molar-refractivity contribution is -0.577. The van der Waals surface area contributed by atoms with E-state index in [0.717, 1.165) is 0 Å². The Balaban J connectivity index is 1.36. The second-order valence-electron chi connectivity index (χ2n) is 9.66. The zero-order valence-corrected chi connectivity index (χ0v) is 20.2. The number of pyridine rings is 1. The molecule has 12 heteroatoms. The van der Waals surface area contributed by atoms with Crippen LogP contribution in [0.2, 0.25) is 0 Å². The van der Waals surface area contributed by atoms with Crippen LogP contribution in [0.4, 0.5) is 0 Å². The molecule has 0 spiro atoms. The summed E-state index contributed by atoms with van der Waals surface area (Å²) in [6, 6.07) is 13.8. The van der Waals surface area contributed by atoms with Gasteiger partial charge < -0.3 is 29.8 Å². The van der Waals surface area contributed by atoms with Gasteiger partial charge in [-0.1, -0.05) is 35.5 Å². The topological polar surface area (TPSA) is 167 Å². The van der Waals surface area contributed by atoms with Gasteiger partial charge in [0.15, 0.2) is 12.4 Å². The Morgan fingerprint density at radius 1 is 0.974 bits per heavy atom. The number of ether oxygens (including phenoxy) is 1. The second kappa shape index (κ2) is 8.51. The molecule has 0 unspecified atom stereocenters. The number of aliphatic hydroxyl groups excluding tert-OH is 3. The molecule has 1 fully saturated rings. The van der Waals surface area contributed by atoms with Crippen LogP contribution in [0.1, 0.15) is 43.9 Å². The van der Waals surface area contributed by atoms with Crippen molar-refractivity contribution in [3.05, 3.63) is 94.2 Å². The number of aliphatic hydroxyl groups is 3. The van der Waals surface area contributed by atoms with Crippen molar-refractivity contribution in [1.82, 2.24) is 19.6 Å². The summed E-state index contributed by atoms with van der Waals surface area (Å²) in [7, 11) is 0. The molecule has 0 saturated carbocycles. The minimum absolute atomic E-state index is 0.0550. The molecular weight excluding hydrogens is 506 g/mol. The van der Waals surface area contributed by atoms with Crippen LogP contribution in [0, 0.1) is 5.21 Å². The van der Waals surface area contributed by atoms with Gasteiger partial charge in [0.2, 0.25) is 17.1 Å². The van der Waals surface area contributed by atoms with Gasteiger partial charge in [0.1, 0.15) is 29.7 Å². The molecule has 4 atom stereocenters. The highest BCUT2D eigenvalue weighted by Gasteiger charge is 2.44. The Bertz CT molecular complexity index is 1830. The van der Waals surface area contributed by atoms with Crippen molar-refractivity contribution in [3.63, 3.8) is 0 Å². The number of hydrogen-bond donors (Lipinski definition) is 3. The molecule has 3 N–H and O–H groups in total. The van der Waals surface area contributed by atoms with Gasteiger partial charge in [-0.05, 0) is 12.1 Å². The standard InChI is InChI=1S/C27H21N5O7/c33-12-19-24(35)26(37)27(39-19)31-10-13(28-29-31)9-30-17-7-3-1-5-14(17)21-22(30)25(36)20-15-6-2-4-8-18(15)32(38)11-16(20)23(21)34/h1-8,10-11,19,24,26-27,33,35,37H,9,12H2/t19-,24-,26-,27+/m1/s1. The van der Waals surface area contributed by atoms with Crippen LogP contribution < -0.4 is 4.73 Å². The molecule has 4 heterocycles. The van der Waals surface area contributed by atoms with Crippen molar-refractivity contribution in [2.75, 3.05) is 6.61 Å². The van der Waals surface area contributed by atoms with Crippen LogP contribution in [-0.4, -0.2) is 71.4 Å². The number of rotatable bonds is 4. The van der Waals surface area contributed by atoms with E-state index in [1.165, 1.54) is 17.1 Å². The van der Waals surface area contributed by atoms with E-state index in [2.05, 4.69) is 10.3 Å². The maximum Gasteiger partial charge on any atom is 0.224 e. The van der Waals surface area contributed by atoms with E-state index in [9.17, 15) is 30.1 Å². The maximum absolute atomic E-state index is 14.1. The number of aromatic nitrogens is 5. The lowest BCUT2D eigenvalue weighted by atomic mass is 9.85. The molecule has 7 rings (SSSR count). The molecule has 5 aromatic rings.